The average molecular weight is 679 g/mol. The molecule has 1 aliphatic rings. The SMILES string of the molecule is COc1ccc(N2C(=NC(=O)N=C(C)C(C)c3ccc(-c4ncn(-c5ccc(OC(F)(F)F)cc5)n4)cc3)SCCC2C)c(C(C)C)c1. The molecule has 2 unspecified atom stereocenters. The second-order valence-electron chi connectivity index (χ2n) is 11.8. The van der Waals surface area contributed by atoms with Gasteiger partial charge in [-0.1, -0.05) is 56.8 Å². The number of nitrogens with zero attached hydrogens (tertiary/aromatic N) is 6. The van der Waals surface area contributed by atoms with Crippen LogP contribution in [0.5, 0.6) is 11.5 Å². The van der Waals surface area contributed by atoms with E-state index >= 15 is 0 Å². The van der Waals surface area contributed by atoms with E-state index in [2.05, 4.69) is 50.5 Å². The first-order valence-corrected chi connectivity index (χ1v) is 16.5. The van der Waals surface area contributed by atoms with Gasteiger partial charge in [-0.2, -0.15) is 4.99 Å². The molecule has 0 aliphatic carbocycles. The number of hydrogen-bond donors (Lipinski definition) is 0. The lowest BCUT2D eigenvalue weighted by molar-refractivity contribution is -0.274. The van der Waals surface area contributed by atoms with E-state index in [4.69, 9.17) is 4.74 Å². The van der Waals surface area contributed by atoms with E-state index < -0.39 is 12.4 Å². The van der Waals surface area contributed by atoms with Gasteiger partial charge in [-0.05, 0) is 79.8 Å². The van der Waals surface area contributed by atoms with Crippen LogP contribution >= 0.6 is 11.8 Å². The van der Waals surface area contributed by atoms with Crippen LogP contribution in [0.1, 0.15) is 64.0 Å². The quantitative estimate of drug-likeness (QED) is 0.172. The van der Waals surface area contributed by atoms with Crippen LogP contribution in [-0.4, -0.2) is 56.9 Å². The minimum absolute atomic E-state index is 0.158. The summed E-state index contributed by atoms with van der Waals surface area (Å²) in [5.74, 6) is 1.86. The van der Waals surface area contributed by atoms with Crippen LogP contribution in [-0.2, 0) is 0 Å². The summed E-state index contributed by atoms with van der Waals surface area (Å²) in [4.78, 5) is 28.5. The molecule has 0 N–H and O–H groups in total. The molecule has 2 heterocycles. The summed E-state index contributed by atoms with van der Waals surface area (Å²) in [5.41, 5.74) is 4.99. The van der Waals surface area contributed by atoms with Crippen LogP contribution < -0.4 is 14.4 Å². The van der Waals surface area contributed by atoms with Crippen molar-refractivity contribution in [2.75, 3.05) is 17.8 Å². The molecule has 0 saturated carbocycles. The van der Waals surface area contributed by atoms with Gasteiger partial charge in [0.15, 0.2) is 11.0 Å². The number of benzene rings is 3. The number of ether oxygens (including phenoxy) is 2. The predicted octanol–water partition coefficient (Wildman–Crippen LogP) is 9.04. The average Bonchev–Trinajstić information content (AvgIpc) is 3.54. The molecule has 3 aromatic carbocycles. The Labute approximate surface area is 281 Å². The fourth-order valence-electron chi connectivity index (χ4n) is 5.31. The van der Waals surface area contributed by atoms with Crippen LogP contribution in [0.25, 0.3) is 17.1 Å². The Balaban J connectivity index is 1.29. The lowest BCUT2D eigenvalue weighted by atomic mass is 9.96. The van der Waals surface area contributed by atoms with Gasteiger partial charge in [0.25, 0.3) is 0 Å². The summed E-state index contributed by atoms with van der Waals surface area (Å²) < 4.78 is 48.3. The van der Waals surface area contributed by atoms with E-state index in [9.17, 15) is 18.0 Å². The lowest BCUT2D eigenvalue weighted by Gasteiger charge is -2.37. The Hall–Kier alpha value is -4.65. The monoisotopic (exact) mass is 678 g/mol. The van der Waals surface area contributed by atoms with Crippen molar-refractivity contribution in [2.24, 2.45) is 9.98 Å². The Kier molecular flexibility index (Phi) is 10.6. The molecule has 48 heavy (non-hydrogen) atoms. The number of thioether (sulfide) groups is 1. The highest BCUT2D eigenvalue weighted by molar-refractivity contribution is 8.14. The zero-order chi connectivity index (χ0) is 34.6. The molecular formula is C35H37F3N6O3S. The number of rotatable bonds is 8. The number of methoxy groups -OCH3 is 1. The number of amidine groups is 1. The zero-order valence-corrected chi connectivity index (χ0v) is 28.3. The van der Waals surface area contributed by atoms with Crippen LogP contribution in [0.2, 0.25) is 0 Å². The van der Waals surface area contributed by atoms with Crippen molar-refractivity contribution >= 4 is 34.4 Å². The highest BCUT2D eigenvalue weighted by Gasteiger charge is 2.31. The zero-order valence-electron chi connectivity index (χ0n) is 27.5. The minimum Gasteiger partial charge on any atom is -0.497 e. The highest BCUT2D eigenvalue weighted by atomic mass is 32.2. The number of hydrogen-bond acceptors (Lipinski definition) is 6. The first kappa shape index (κ1) is 34.7. The van der Waals surface area contributed by atoms with Gasteiger partial charge >= 0.3 is 12.4 Å². The van der Waals surface area contributed by atoms with Gasteiger partial charge < -0.3 is 14.4 Å². The normalized spacial score (nSPS) is 17.1. The molecule has 0 bridgehead atoms. The Morgan fingerprint density at radius 3 is 2.35 bits per heavy atom. The van der Waals surface area contributed by atoms with Gasteiger partial charge in [-0.3, -0.25) is 0 Å². The Morgan fingerprint density at radius 1 is 1.02 bits per heavy atom. The molecule has 5 rings (SSSR count). The van der Waals surface area contributed by atoms with E-state index in [1.807, 2.05) is 56.3 Å². The maximum Gasteiger partial charge on any atom is 0.573 e. The molecule has 252 valence electrons. The molecular weight excluding hydrogens is 641 g/mol. The number of halogens is 3. The first-order chi connectivity index (χ1) is 22.8. The molecule has 1 saturated heterocycles. The molecule has 2 atom stereocenters. The van der Waals surface area contributed by atoms with Crippen LogP contribution in [0.3, 0.4) is 0 Å². The lowest BCUT2D eigenvalue weighted by Crippen LogP contribution is -2.42. The topological polar surface area (TPSA) is 94.2 Å². The van der Waals surface area contributed by atoms with Crippen molar-refractivity contribution < 1.29 is 27.4 Å². The van der Waals surface area contributed by atoms with Gasteiger partial charge in [0.05, 0.1) is 12.8 Å². The standard InChI is InChI=1S/C35H37F3N6O3S/c1-21(2)30-19-29(46-6)15-16-31(30)44-22(3)17-18-48-34(44)41-33(45)40-24(5)23(4)25-7-9-26(10-8-25)32-39-20-43(42-32)27-11-13-28(14-12-27)47-35(36,37)38/h7-16,19-23H,17-18H2,1-6H3. The van der Waals surface area contributed by atoms with Crippen molar-refractivity contribution in [2.45, 2.75) is 65.3 Å². The van der Waals surface area contributed by atoms with E-state index in [0.29, 0.717) is 22.4 Å². The summed E-state index contributed by atoms with van der Waals surface area (Å²) in [5, 5.41) is 5.10. The fourth-order valence-corrected chi connectivity index (χ4v) is 6.51. The smallest absolute Gasteiger partial charge is 0.497 e. The summed E-state index contributed by atoms with van der Waals surface area (Å²) in [6.45, 7) is 10.2. The van der Waals surface area contributed by atoms with E-state index in [1.165, 1.54) is 35.3 Å². The van der Waals surface area contributed by atoms with E-state index in [-0.39, 0.29) is 23.6 Å². The van der Waals surface area contributed by atoms with Crippen LogP contribution in [0, 0.1) is 0 Å². The molecule has 0 spiro atoms. The molecule has 1 fully saturated rings. The summed E-state index contributed by atoms with van der Waals surface area (Å²) in [6, 6.07) is 18.6. The molecule has 0 radical (unpaired) electrons. The molecule has 13 heteroatoms. The van der Waals surface area contributed by atoms with E-state index in [0.717, 1.165) is 40.3 Å². The molecule has 2 amide bonds. The first-order valence-electron chi connectivity index (χ1n) is 15.5. The third-order valence-electron chi connectivity index (χ3n) is 8.12. The van der Waals surface area contributed by atoms with Crippen molar-refractivity contribution in [1.29, 1.82) is 0 Å². The number of urea groups is 1. The third kappa shape index (κ3) is 8.25. The van der Waals surface area contributed by atoms with Gasteiger partial charge in [-0.15, -0.1) is 18.3 Å². The summed E-state index contributed by atoms with van der Waals surface area (Å²) in [7, 11) is 1.65. The Morgan fingerprint density at radius 2 is 1.71 bits per heavy atom. The van der Waals surface area contributed by atoms with Crippen molar-refractivity contribution in [3.8, 4) is 28.6 Å². The number of alkyl halides is 3. The third-order valence-corrected chi connectivity index (χ3v) is 9.10. The minimum atomic E-state index is -4.76. The number of aromatic nitrogens is 3. The van der Waals surface area contributed by atoms with Crippen LogP contribution in [0.15, 0.2) is 83.0 Å². The maximum atomic E-state index is 13.2. The highest BCUT2D eigenvalue weighted by Crippen LogP contribution is 2.37. The van der Waals surface area contributed by atoms with Crippen molar-refractivity contribution in [1.82, 2.24) is 14.8 Å². The number of carbonyl (C=O) groups is 1. The summed E-state index contributed by atoms with van der Waals surface area (Å²) >= 11 is 1.56. The maximum absolute atomic E-state index is 13.2. The predicted molar refractivity (Wildman–Crippen MR) is 184 cm³/mol. The molecule has 1 aromatic heterocycles. The molecule has 4 aromatic rings. The van der Waals surface area contributed by atoms with Crippen molar-refractivity contribution in [3.05, 3.63) is 84.2 Å². The van der Waals surface area contributed by atoms with E-state index in [1.54, 1.807) is 18.9 Å². The molecule has 9 nitrogen and oxygen atoms in total. The number of aliphatic imine (C=N–C) groups is 2. The van der Waals surface area contributed by atoms with Gasteiger partial charge in [0, 0.05) is 34.7 Å². The number of amides is 2. The fraction of sp³-hybridized carbons (Fsp3) is 0.343. The summed E-state index contributed by atoms with van der Waals surface area (Å²) in [6.07, 6.45) is -2.31. The van der Waals surface area contributed by atoms with Gasteiger partial charge in [0.1, 0.15) is 17.8 Å². The van der Waals surface area contributed by atoms with Crippen molar-refractivity contribution in [3.63, 3.8) is 0 Å². The van der Waals surface area contributed by atoms with Gasteiger partial charge in [0.2, 0.25) is 0 Å². The van der Waals surface area contributed by atoms with Crippen LogP contribution in [0.4, 0.5) is 23.7 Å². The molecule has 1 aliphatic heterocycles. The number of carbonyl (C=O) groups excluding carboxylic acids is 1. The Bertz CT molecular complexity index is 1800. The second kappa shape index (κ2) is 14.6. The number of anilines is 1. The van der Waals surface area contributed by atoms with Gasteiger partial charge in [-0.25, -0.2) is 19.5 Å². The largest absolute Gasteiger partial charge is 0.573 e. The second-order valence-corrected chi connectivity index (χ2v) is 12.8.